The van der Waals surface area contributed by atoms with Crippen LogP contribution in [0.3, 0.4) is 0 Å². The molecule has 8 nitrogen and oxygen atoms in total. The van der Waals surface area contributed by atoms with E-state index < -0.39 is 5.92 Å². The predicted octanol–water partition coefficient (Wildman–Crippen LogP) is 2.59. The van der Waals surface area contributed by atoms with Crippen LogP contribution in [0.5, 0.6) is 0 Å². The number of aryl methyl sites for hydroxylation is 1. The normalized spacial score (nSPS) is 17.0. The molecule has 2 amide bonds. The number of ether oxygens (including phenoxy) is 1. The van der Waals surface area contributed by atoms with Gasteiger partial charge in [-0.1, -0.05) is 11.3 Å². The highest BCUT2D eigenvalue weighted by molar-refractivity contribution is 7.18. The molecule has 1 N–H and O–H groups in total. The van der Waals surface area contributed by atoms with Crippen molar-refractivity contribution in [2.24, 2.45) is 5.92 Å². The van der Waals surface area contributed by atoms with Crippen molar-refractivity contribution in [3.8, 4) is 0 Å². The summed E-state index contributed by atoms with van der Waals surface area (Å²) >= 11 is 2.88. The van der Waals surface area contributed by atoms with E-state index in [0.29, 0.717) is 23.3 Å². The smallest absolute Gasteiger partial charge is 0.231 e. The number of nitrogens with zero attached hydrogens (tertiary/aromatic N) is 4. The molecule has 1 aliphatic heterocycles. The number of rotatable bonds is 5. The summed E-state index contributed by atoms with van der Waals surface area (Å²) in [5, 5.41) is 12.7. The number of carbonyl (C=O) groups is 2. The first-order valence-electron chi connectivity index (χ1n) is 8.33. The second-order valence-corrected chi connectivity index (χ2v) is 8.51. The highest BCUT2D eigenvalue weighted by Crippen LogP contribution is 2.30. The average molecular weight is 403 g/mol. The van der Waals surface area contributed by atoms with Crippen molar-refractivity contribution in [2.75, 3.05) is 23.9 Å². The molecule has 1 unspecified atom stereocenters. The molecule has 0 bridgehead atoms. The molecule has 140 valence electrons. The van der Waals surface area contributed by atoms with Gasteiger partial charge in [0, 0.05) is 25.8 Å². The molecule has 3 aromatic rings. The average Bonchev–Trinajstić information content (AvgIpc) is 3.32. The van der Waals surface area contributed by atoms with Crippen LogP contribution >= 0.6 is 22.7 Å². The van der Waals surface area contributed by atoms with Gasteiger partial charge in [0.15, 0.2) is 0 Å². The second kappa shape index (κ2) is 7.29. The topological polar surface area (TPSA) is 97.3 Å². The second-order valence-electron chi connectivity index (χ2n) is 6.21. The zero-order valence-corrected chi connectivity index (χ0v) is 16.4. The zero-order chi connectivity index (χ0) is 19.0. The van der Waals surface area contributed by atoms with Crippen molar-refractivity contribution in [2.45, 2.75) is 20.0 Å². The Morgan fingerprint density at radius 1 is 1.37 bits per heavy atom. The Balaban J connectivity index is 1.46. The van der Waals surface area contributed by atoms with Crippen LogP contribution in [-0.2, 0) is 20.9 Å². The van der Waals surface area contributed by atoms with E-state index >= 15 is 0 Å². The summed E-state index contributed by atoms with van der Waals surface area (Å²) < 4.78 is 6.08. The molecule has 0 radical (unpaired) electrons. The molecule has 1 saturated heterocycles. The van der Waals surface area contributed by atoms with Crippen molar-refractivity contribution in [3.05, 3.63) is 28.2 Å². The van der Waals surface area contributed by atoms with Gasteiger partial charge in [0.2, 0.25) is 16.9 Å². The molecule has 10 heteroatoms. The summed E-state index contributed by atoms with van der Waals surface area (Å²) in [7, 11) is 1.57. The Bertz CT molecular complexity index is 1020. The number of methoxy groups -OCH3 is 1. The number of benzene rings is 1. The molecule has 2 aromatic heterocycles. The largest absolute Gasteiger partial charge is 0.377 e. The lowest BCUT2D eigenvalue weighted by Crippen LogP contribution is -2.28. The molecule has 0 spiro atoms. The van der Waals surface area contributed by atoms with Gasteiger partial charge in [-0.05, 0) is 25.1 Å². The highest BCUT2D eigenvalue weighted by Gasteiger charge is 2.35. The third kappa shape index (κ3) is 3.68. The molecule has 3 heterocycles. The van der Waals surface area contributed by atoms with E-state index in [-0.39, 0.29) is 18.2 Å². The van der Waals surface area contributed by atoms with Crippen molar-refractivity contribution < 1.29 is 14.3 Å². The van der Waals surface area contributed by atoms with Crippen molar-refractivity contribution in [1.29, 1.82) is 0 Å². The SMILES string of the molecule is COCc1nnc(NC(=O)C2CC(=O)N(c3ccc4sc(C)nc4c3)C2)s1. The Hall–Kier alpha value is -2.43. The molecule has 0 saturated carbocycles. The number of aromatic nitrogens is 3. The Morgan fingerprint density at radius 3 is 3.04 bits per heavy atom. The summed E-state index contributed by atoms with van der Waals surface area (Å²) in [6.07, 6.45) is 0.170. The van der Waals surface area contributed by atoms with Crippen LogP contribution in [-0.4, -0.2) is 40.7 Å². The number of anilines is 2. The van der Waals surface area contributed by atoms with Gasteiger partial charge in [0.1, 0.15) is 11.6 Å². The van der Waals surface area contributed by atoms with E-state index in [0.717, 1.165) is 20.9 Å². The number of hydrogen-bond acceptors (Lipinski definition) is 8. The third-order valence-corrected chi connectivity index (χ3v) is 6.01. The molecule has 27 heavy (non-hydrogen) atoms. The van der Waals surface area contributed by atoms with Crippen LogP contribution < -0.4 is 10.2 Å². The van der Waals surface area contributed by atoms with Gasteiger partial charge in [0.05, 0.1) is 21.1 Å². The number of thiazole rings is 1. The van der Waals surface area contributed by atoms with Gasteiger partial charge in [-0.2, -0.15) is 0 Å². The van der Waals surface area contributed by atoms with Crippen LogP contribution in [0.4, 0.5) is 10.8 Å². The summed E-state index contributed by atoms with van der Waals surface area (Å²) in [6, 6.07) is 5.77. The minimum Gasteiger partial charge on any atom is -0.377 e. The lowest BCUT2D eigenvalue weighted by atomic mass is 10.1. The monoisotopic (exact) mass is 403 g/mol. The maximum Gasteiger partial charge on any atom is 0.231 e. The quantitative estimate of drug-likeness (QED) is 0.703. The highest BCUT2D eigenvalue weighted by atomic mass is 32.1. The van der Waals surface area contributed by atoms with Gasteiger partial charge >= 0.3 is 0 Å². The first-order chi connectivity index (χ1) is 13.0. The molecule has 0 aliphatic carbocycles. The molecular weight excluding hydrogens is 386 g/mol. The van der Waals surface area contributed by atoms with Gasteiger partial charge in [-0.15, -0.1) is 21.5 Å². The Labute approximate surface area is 163 Å². The van der Waals surface area contributed by atoms with Crippen molar-refractivity contribution in [1.82, 2.24) is 15.2 Å². The summed E-state index contributed by atoms with van der Waals surface area (Å²) in [5.41, 5.74) is 1.64. The molecule has 1 aromatic carbocycles. The Kier molecular flexibility index (Phi) is 4.85. The molecule has 1 atom stereocenters. The summed E-state index contributed by atoms with van der Waals surface area (Å²) in [4.78, 5) is 31.1. The van der Waals surface area contributed by atoms with Crippen LogP contribution in [0, 0.1) is 12.8 Å². The maximum atomic E-state index is 12.5. The molecule has 1 fully saturated rings. The fourth-order valence-corrected chi connectivity index (χ4v) is 4.55. The van der Waals surface area contributed by atoms with Crippen LogP contribution in [0.1, 0.15) is 16.4 Å². The van der Waals surface area contributed by atoms with Gasteiger partial charge in [0.25, 0.3) is 0 Å². The first-order valence-corrected chi connectivity index (χ1v) is 9.96. The lowest BCUT2D eigenvalue weighted by molar-refractivity contribution is -0.122. The fraction of sp³-hybridized carbons (Fsp3) is 0.353. The first kappa shape index (κ1) is 18.0. The fourth-order valence-electron chi connectivity index (χ4n) is 3.03. The molecule has 4 rings (SSSR count). The minimum atomic E-state index is -0.430. The van der Waals surface area contributed by atoms with Crippen LogP contribution in [0.15, 0.2) is 18.2 Å². The molecule has 1 aliphatic rings. The summed E-state index contributed by atoms with van der Waals surface area (Å²) in [6.45, 7) is 2.64. The van der Waals surface area contributed by atoms with E-state index in [1.54, 1.807) is 23.3 Å². The Morgan fingerprint density at radius 2 is 2.22 bits per heavy atom. The number of fused-ring (bicyclic) bond motifs is 1. The van der Waals surface area contributed by atoms with E-state index in [1.807, 2.05) is 25.1 Å². The predicted molar refractivity (Wildman–Crippen MR) is 104 cm³/mol. The number of hydrogen-bond donors (Lipinski definition) is 1. The number of amides is 2. The zero-order valence-electron chi connectivity index (χ0n) is 14.8. The van der Waals surface area contributed by atoms with E-state index in [9.17, 15) is 9.59 Å². The third-order valence-electron chi connectivity index (χ3n) is 4.25. The molecular formula is C17H17N5O3S2. The standard InChI is InChI=1S/C17H17N5O3S2/c1-9-18-12-6-11(3-4-13(12)26-9)22-7-10(5-15(22)23)16(24)19-17-21-20-14(27-17)8-25-2/h3-4,6,10H,5,7-8H2,1-2H3,(H,19,21,24). The van der Waals surface area contributed by atoms with Crippen molar-refractivity contribution >= 4 is 55.5 Å². The lowest BCUT2D eigenvalue weighted by Gasteiger charge is -2.16. The van der Waals surface area contributed by atoms with E-state index in [2.05, 4.69) is 20.5 Å². The van der Waals surface area contributed by atoms with Crippen LogP contribution in [0.25, 0.3) is 10.2 Å². The summed E-state index contributed by atoms with van der Waals surface area (Å²) in [5.74, 6) is -0.726. The van der Waals surface area contributed by atoms with Gasteiger partial charge < -0.3 is 15.0 Å². The van der Waals surface area contributed by atoms with E-state index in [1.165, 1.54) is 11.3 Å². The number of carbonyl (C=O) groups excluding carboxylic acids is 2. The van der Waals surface area contributed by atoms with Crippen LogP contribution in [0.2, 0.25) is 0 Å². The number of nitrogens with one attached hydrogen (secondary N) is 1. The maximum absolute atomic E-state index is 12.5. The van der Waals surface area contributed by atoms with Gasteiger partial charge in [-0.3, -0.25) is 9.59 Å². The van der Waals surface area contributed by atoms with Gasteiger partial charge in [-0.25, -0.2) is 4.98 Å². The van der Waals surface area contributed by atoms with Crippen molar-refractivity contribution in [3.63, 3.8) is 0 Å². The minimum absolute atomic E-state index is 0.0706. The van der Waals surface area contributed by atoms with E-state index in [4.69, 9.17) is 4.74 Å².